The topological polar surface area (TPSA) is 102 Å². The molecule has 4 aromatic rings. The molecule has 0 spiro atoms. The minimum Gasteiger partial charge on any atom is -0.502 e. The number of halogens is 2. The molecular weight excluding hydrogens is 417 g/mol. The number of fused-ring (bicyclic) bond motifs is 1. The highest BCUT2D eigenvalue weighted by Crippen LogP contribution is 2.33. The minimum absolute atomic E-state index is 0.228. The smallest absolute Gasteiger partial charge is 0.311 e. The van der Waals surface area contributed by atoms with Crippen molar-refractivity contribution in [3.8, 4) is 17.2 Å². The van der Waals surface area contributed by atoms with Gasteiger partial charge >= 0.3 is 5.69 Å². The van der Waals surface area contributed by atoms with Crippen LogP contribution in [-0.4, -0.2) is 21.2 Å². The maximum absolute atomic E-state index is 10.9. The molecule has 0 aliphatic carbocycles. The van der Waals surface area contributed by atoms with Crippen LogP contribution in [0.15, 0.2) is 64.0 Å². The summed E-state index contributed by atoms with van der Waals surface area (Å²) in [6.45, 7) is 0. The Kier molecular flexibility index (Phi) is 4.92. The molecule has 0 saturated heterocycles. The molecule has 0 fully saturated rings. The zero-order chi connectivity index (χ0) is 20.5. The van der Waals surface area contributed by atoms with Crippen molar-refractivity contribution in [3.63, 3.8) is 0 Å². The number of benzene rings is 3. The lowest BCUT2D eigenvalue weighted by Gasteiger charge is -1.99. The summed E-state index contributed by atoms with van der Waals surface area (Å²) in [6, 6.07) is 14.3. The van der Waals surface area contributed by atoms with E-state index in [9.17, 15) is 15.2 Å². The third kappa shape index (κ3) is 3.78. The Labute approximate surface area is 174 Å². The summed E-state index contributed by atoms with van der Waals surface area (Å²) in [6.07, 6.45) is 1.35. The molecule has 3 aromatic carbocycles. The van der Waals surface area contributed by atoms with E-state index >= 15 is 0 Å². The van der Waals surface area contributed by atoms with Gasteiger partial charge in [-0.2, -0.15) is 0 Å². The number of aromatic hydroxyl groups is 1. The first-order valence-corrected chi connectivity index (χ1v) is 9.04. The van der Waals surface area contributed by atoms with Gasteiger partial charge in [0.1, 0.15) is 5.52 Å². The van der Waals surface area contributed by atoms with Crippen molar-refractivity contribution in [2.45, 2.75) is 0 Å². The van der Waals surface area contributed by atoms with Gasteiger partial charge in [0.25, 0.3) is 0 Å². The van der Waals surface area contributed by atoms with Crippen molar-refractivity contribution >= 4 is 51.9 Å². The highest BCUT2D eigenvalue weighted by molar-refractivity contribution is 6.35. The zero-order valence-electron chi connectivity index (χ0n) is 14.5. The number of nitrogens with zero attached hydrogens (tertiary/aromatic N) is 3. The number of rotatable bonds is 4. The summed E-state index contributed by atoms with van der Waals surface area (Å²) >= 11 is 12.2. The normalized spacial score (nSPS) is 11.4. The lowest BCUT2D eigenvalue weighted by molar-refractivity contribution is -0.385. The Balaban J connectivity index is 1.68. The second-order valence-corrected chi connectivity index (χ2v) is 6.87. The van der Waals surface area contributed by atoms with Crippen LogP contribution in [0.4, 0.5) is 11.4 Å². The molecule has 0 aliphatic heterocycles. The lowest BCUT2D eigenvalue weighted by Crippen LogP contribution is -1.91. The molecule has 0 aliphatic rings. The predicted molar refractivity (Wildman–Crippen MR) is 111 cm³/mol. The average molecular weight is 428 g/mol. The summed E-state index contributed by atoms with van der Waals surface area (Å²) in [7, 11) is 0. The number of phenols is 1. The Morgan fingerprint density at radius 3 is 2.76 bits per heavy atom. The number of nitro benzene ring substituents is 1. The molecule has 1 N–H and O–H groups in total. The molecule has 0 bridgehead atoms. The van der Waals surface area contributed by atoms with Gasteiger partial charge < -0.3 is 9.52 Å². The van der Waals surface area contributed by atoms with Gasteiger partial charge in [-0.25, -0.2) is 4.98 Å². The standard InChI is InChI=1S/C20H11Cl2N3O4/c21-12-4-6-15(22)14(8-12)20-24-16-9-13(5-7-18(16)29-20)23-10-11-2-1-3-17(19(11)26)25(27)28/h1-10,26H. The lowest BCUT2D eigenvalue weighted by atomic mass is 10.2. The van der Waals surface area contributed by atoms with E-state index in [1.807, 2.05) is 0 Å². The van der Waals surface area contributed by atoms with E-state index in [4.69, 9.17) is 27.6 Å². The van der Waals surface area contributed by atoms with Crippen LogP contribution in [-0.2, 0) is 0 Å². The Hall–Kier alpha value is -3.42. The Morgan fingerprint density at radius 2 is 1.97 bits per heavy atom. The quantitative estimate of drug-likeness (QED) is 0.238. The van der Waals surface area contributed by atoms with Crippen molar-refractivity contribution < 1.29 is 14.4 Å². The van der Waals surface area contributed by atoms with E-state index in [1.54, 1.807) is 36.4 Å². The average Bonchev–Trinajstić information content (AvgIpc) is 3.12. The summed E-state index contributed by atoms with van der Waals surface area (Å²) in [5.74, 6) is -0.119. The van der Waals surface area contributed by atoms with Crippen molar-refractivity contribution in [3.05, 3.63) is 80.3 Å². The molecule has 4 rings (SSSR count). The van der Waals surface area contributed by atoms with E-state index in [1.165, 1.54) is 24.4 Å². The largest absolute Gasteiger partial charge is 0.502 e. The van der Waals surface area contributed by atoms with Gasteiger partial charge in [0.05, 0.1) is 21.2 Å². The second kappa shape index (κ2) is 7.54. The number of aliphatic imine (C=N–C) groups is 1. The fraction of sp³-hybridized carbons (Fsp3) is 0. The molecule has 0 saturated carbocycles. The first-order valence-electron chi connectivity index (χ1n) is 8.29. The molecule has 0 atom stereocenters. The van der Waals surface area contributed by atoms with Gasteiger partial charge in [-0.1, -0.05) is 29.3 Å². The van der Waals surface area contributed by atoms with Gasteiger partial charge in [0, 0.05) is 22.9 Å². The highest BCUT2D eigenvalue weighted by atomic mass is 35.5. The molecule has 0 amide bonds. The maximum Gasteiger partial charge on any atom is 0.311 e. The summed E-state index contributed by atoms with van der Waals surface area (Å²) in [4.78, 5) is 19.0. The van der Waals surface area contributed by atoms with Crippen LogP contribution < -0.4 is 0 Å². The summed E-state index contributed by atoms with van der Waals surface area (Å²) in [5.41, 5.74) is 2.03. The molecule has 0 unspecified atom stereocenters. The van der Waals surface area contributed by atoms with Crippen molar-refractivity contribution in [2.24, 2.45) is 4.99 Å². The summed E-state index contributed by atoms with van der Waals surface area (Å²) < 4.78 is 5.75. The molecule has 7 nitrogen and oxygen atoms in total. The number of hydrogen-bond donors (Lipinski definition) is 1. The zero-order valence-corrected chi connectivity index (χ0v) is 16.1. The first kappa shape index (κ1) is 18.9. The van der Waals surface area contributed by atoms with Crippen molar-refractivity contribution in [1.29, 1.82) is 0 Å². The fourth-order valence-corrected chi connectivity index (χ4v) is 3.09. The predicted octanol–water partition coefficient (Wildman–Crippen LogP) is 6.17. The number of aromatic nitrogens is 1. The van der Waals surface area contributed by atoms with Gasteiger partial charge in [-0.05, 0) is 42.5 Å². The summed E-state index contributed by atoms with van der Waals surface area (Å²) in [5, 5.41) is 21.9. The molecule has 9 heteroatoms. The van der Waals surface area contributed by atoms with Gasteiger partial charge in [0.2, 0.25) is 11.6 Å². The fourth-order valence-electron chi connectivity index (χ4n) is 2.72. The maximum atomic E-state index is 10.9. The SMILES string of the molecule is O=[N+]([O-])c1cccc(C=Nc2ccc3oc(-c4cc(Cl)ccc4Cl)nc3c2)c1O. The van der Waals surface area contributed by atoms with Crippen molar-refractivity contribution in [2.75, 3.05) is 0 Å². The molecule has 1 aromatic heterocycles. The number of phenolic OH excluding ortho intramolecular Hbond substituents is 1. The van der Waals surface area contributed by atoms with Gasteiger partial charge in [-0.3, -0.25) is 15.1 Å². The van der Waals surface area contributed by atoms with E-state index < -0.39 is 10.7 Å². The Morgan fingerprint density at radius 1 is 1.14 bits per heavy atom. The molecule has 1 heterocycles. The monoisotopic (exact) mass is 427 g/mol. The number of hydrogen-bond acceptors (Lipinski definition) is 6. The van der Waals surface area contributed by atoms with E-state index in [0.29, 0.717) is 38.3 Å². The molecule has 29 heavy (non-hydrogen) atoms. The van der Waals surface area contributed by atoms with Crippen LogP contribution in [0, 0.1) is 10.1 Å². The van der Waals surface area contributed by atoms with Crippen LogP contribution in [0.3, 0.4) is 0 Å². The van der Waals surface area contributed by atoms with Crippen LogP contribution in [0.2, 0.25) is 10.0 Å². The number of oxazole rings is 1. The minimum atomic E-state index is -0.656. The van der Waals surface area contributed by atoms with Crippen LogP contribution in [0.5, 0.6) is 5.75 Å². The van der Waals surface area contributed by atoms with Crippen LogP contribution in [0.25, 0.3) is 22.6 Å². The van der Waals surface area contributed by atoms with E-state index in [2.05, 4.69) is 9.98 Å². The third-order valence-corrected chi connectivity index (χ3v) is 4.69. The first-order chi connectivity index (χ1) is 13.9. The Bertz CT molecular complexity index is 1280. The van der Waals surface area contributed by atoms with E-state index in [0.717, 1.165) is 0 Å². The number of nitro groups is 1. The molecule has 144 valence electrons. The second-order valence-electron chi connectivity index (χ2n) is 6.03. The number of para-hydroxylation sites is 1. The van der Waals surface area contributed by atoms with Crippen LogP contribution in [0.1, 0.15) is 5.56 Å². The molecular formula is C20H11Cl2N3O4. The van der Waals surface area contributed by atoms with Crippen molar-refractivity contribution in [1.82, 2.24) is 4.98 Å². The van der Waals surface area contributed by atoms with Crippen LogP contribution >= 0.6 is 23.2 Å². The third-order valence-electron chi connectivity index (χ3n) is 4.13. The highest BCUT2D eigenvalue weighted by Gasteiger charge is 2.15. The van der Waals surface area contributed by atoms with Gasteiger partial charge in [0.15, 0.2) is 5.58 Å². The van der Waals surface area contributed by atoms with E-state index in [-0.39, 0.29) is 11.3 Å². The van der Waals surface area contributed by atoms with Gasteiger partial charge in [-0.15, -0.1) is 0 Å². The molecule has 0 radical (unpaired) electrons.